The minimum Gasteiger partial charge on any atom is -0.355 e. The maximum absolute atomic E-state index is 11.9. The zero-order valence-electron chi connectivity index (χ0n) is 11.1. The van der Waals surface area contributed by atoms with Crippen molar-refractivity contribution in [2.24, 2.45) is 5.73 Å². The van der Waals surface area contributed by atoms with Gasteiger partial charge in [0.05, 0.1) is 10.8 Å². The molecule has 3 nitrogen and oxygen atoms in total. The van der Waals surface area contributed by atoms with Crippen LogP contribution in [0.1, 0.15) is 16.0 Å². The van der Waals surface area contributed by atoms with Crippen molar-refractivity contribution in [3.8, 4) is 0 Å². The van der Waals surface area contributed by atoms with Gasteiger partial charge in [0.25, 0.3) is 0 Å². The number of hydrogen-bond acceptors (Lipinski definition) is 3. The van der Waals surface area contributed by atoms with E-state index in [2.05, 4.69) is 5.32 Å². The lowest BCUT2D eigenvalue weighted by Gasteiger charge is -2.08. The summed E-state index contributed by atoms with van der Waals surface area (Å²) < 4.78 is 0.781. The smallest absolute Gasteiger partial charge is 0.224 e. The average Bonchev–Trinajstić information content (AvgIpc) is 2.85. The minimum atomic E-state index is 0.0218. The van der Waals surface area contributed by atoms with E-state index in [-0.39, 0.29) is 5.91 Å². The van der Waals surface area contributed by atoms with Crippen molar-refractivity contribution in [3.05, 3.63) is 56.7 Å². The summed E-state index contributed by atoms with van der Waals surface area (Å²) >= 11 is 7.41. The third kappa shape index (κ3) is 4.34. The molecule has 0 radical (unpaired) electrons. The van der Waals surface area contributed by atoms with Crippen LogP contribution in [0.15, 0.2) is 36.4 Å². The molecular weight excluding hydrogens is 292 g/mol. The highest BCUT2D eigenvalue weighted by Crippen LogP contribution is 2.21. The van der Waals surface area contributed by atoms with E-state index in [0.717, 1.165) is 21.9 Å². The fourth-order valence-corrected chi connectivity index (χ4v) is 3.06. The maximum atomic E-state index is 11.9. The van der Waals surface area contributed by atoms with Gasteiger partial charge in [0.15, 0.2) is 0 Å². The first-order valence-corrected chi connectivity index (χ1v) is 7.66. The van der Waals surface area contributed by atoms with Crippen molar-refractivity contribution < 1.29 is 4.79 Å². The van der Waals surface area contributed by atoms with Crippen LogP contribution in [0.2, 0.25) is 4.34 Å². The van der Waals surface area contributed by atoms with Gasteiger partial charge >= 0.3 is 0 Å². The number of rotatable bonds is 6. The van der Waals surface area contributed by atoms with Gasteiger partial charge in [-0.25, -0.2) is 0 Å². The van der Waals surface area contributed by atoms with E-state index in [9.17, 15) is 4.79 Å². The monoisotopic (exact) mass is 308 g/mol. The molecule has 2 rings (SSSR count). The molecule has 106 valence electrons. The van der Waals surface area contributed by atoms with Gasteiger partial charge in [0.2, 0.25) is 5.91 Å². The van der Waals surface area contributed by atoms with Gasteiger partial charge in [-0.1, -0.05) is 35.9 Å². The molecule has 2 aromatic rings. The molecule has 0 saturated carbocycles. The number of amides is 1. The third-order valence-corrected chi connectivity index (χ3v) is 4.30. The molecule has 0 aliphatic rings. The van der Waals surface area contributed by atoms with E-state index in [0.29, 0.717) is 19.5 Å². The first-order chi connectivity index (χ1) is 9.69. The lowest BCUT2D eigenvalue weighted by Crippen LogP contribution is -2.27. The quantitative estimate of drug-likeness (QED) is 0.862. The number of carbonyl (C=O) groups is 1. The van der Waals surface area contributed by atoms with Crippen LogP contribution in [-0.2, 0) is 24.2 Å². The van der Waals surface area contributed by atoms with E-state index in [4.69, 9.17) is 17.3 Å². The van der Waals surface area contributed by atoms with Crippen molar-refractivity contribution >= 4 is 28.8 Å². The van der Waals surface area contributed by atoms with Crippen molar-refractivity contribution in [2.75, 3.05) is 6.54 Å². The molecule has 0 atom stereocenters. The Labute approximate surface area is 127 Å². The van der Waals surface area contributed by atoms with E-state index in [1.54, 1.807) is 11.3 Å². The van der Waals surface area contributed by atoms with Crippen LogP contribution in [0.4, 0.5) is 0 Å². The van der Waals surface area contributed by atoms with Crippen LogP contribution in [0.3, 0.4) is 0 Å². The van der Waals surface area contributed by atoms with E-state index in [1.807, 2.05) is 36.4 Å². The second-order valence-electron chi connectivity index (χ2n) is 4.46. The Morgan fingerprint density at radius 2 is 1.95 bits per heavy atom. The summed E-state index contributed by atoms with van der Waals surface area (Å²) in [5, 5.41) is 2.92. The van der Waals surface area contributed by atoms with E-state index >= 15 is 0 Å². The molecule has 1 aromatic carbocycles. The molecule has 0 saturated heterocycles. The van der Waals surface area contributed by atoms with Crippen molar-refractivity contribution in [1.82, 2.24) is 5.32 Å². The molecule has 0 unspecified atom stereocenters. The number of thiophene rings is 1. The predicted octanol–water partition coefficient (Wildman–Crippen LogP) is 2.76. The van der Waals surface area contributed by atoms with Crippen LogP contribution in [0.5, 0.6) is 0 Å². The Hall–Kier alpha value is -1.36. The largest absolute Gasteiger partial charge is 0.355 e. The molecule has 0 spiro atoms. The second-order valence-corrected chi connectivity index (χ2v) is 6.26. The van der Waals surface area contributed by atoms with Crippen LogP contribution in [-0.4, -0.2) is 12.5 Å². The van der Waals surface area contributed by atoms with E-state index in [1.165, 1.54) is 4.88 Å². The number of nitrogens with two attached hydrogens (primary N) is 1. The lowest BCUT2D eigenvalue weighted by molar-refractivity contribution is -0.120. The van der Waals surface area contributed by atoms with Crippen LogP contribution < -0.4 is 11.1 Å². The summed E-state index contributed by atoms with van der Waals surface area (Å²) in [6.45, 7) is 1.08. The Bertz CT molecular complexity index is 583. The number of benzene rings is 1. The van der Waals surface area contributed by atoms with Crippen LogP contribution in [0.25, 0.3) is 0 Å². The topological polar surface area (TPSA) is 55.1 Å². The molecule has 0 aliphatic carbocycles. The third-order valence-electron chi connectivity index (χ3n) is 3.01. The standard InChI is InChI=1S/C15H17ClN2OS/c16-14-6-5-13(20-14)7-8-18-15(19)9-11-3-1-2-4-12(11)10-17/h1-6H,7-10,17H2,(H,18,19). The van der Waals surface area contributed by atoms with Gasteiger partial charge in [-0.2, -0.15) is 0 Å². The highest BCUT2D eigenvalue weighted by molar-refractivity contribution is 7.16. The zero-order chi connectivity index (χ0) is 14.4. The molecule has 5 heteroatoms. The fourth-order valence-electron chi connectivity index (χ4n) is 1.98. The second kappa shape index (κ2) is 7.43. The van der Waals surface area contributed by atoms with Gasteiger partial charge in [-0.15, -0.1) is 11.3 Å². The van der Waals surface area contributed by atoms with Crippen molar-refractivity contribution in [1.29, 1.82) is 0 Å². The normalized spacial score (nSPS) is 10.5. The SMILES string of the molecule is NCc1ccccc1CC(=O)NCCc1ccc(Cl)s1. The number of nitrogens with one attached hydrogen (secondary N) is 1. The summed E-state index contributed by atoms with van der Waals surface area (Å²) in [7, 11) is 0. The molecule has 1 amide bonds. The summed E-state index contributed by atoms with van der Waals surface area (Å²) in [5.41, 5.74) is 7.68. The molecule has 0 aliphatic heterocycles. The summed E-state index contributed by atoms with van der Waals surface area (Å²) in [5.74, 6) is 0.0218. The van der Waals surface area contributed by atoms with Crippen molar-refractivity contribution in [3.63, 3.8) is 0 Å². The summed E-state index contributed by atoms with van der Waals surface area (Å²) in [6.07, 6.45) is 1.18. The fraction of sp³-hybridized carbons (Fsp3) is 0.267. The molecule has 0 bridgehead atoms. The molecule has 3 N–H and O–H groups in total. The highest BCUT2D eigenvalue weighted by atomic mass is 35.5. The Balaban J connectivity index is 1.80. The molecule has 1 heterocycles. The molecule has 0 fully saturated rings. The van der Waals surface area contributed by atoms with Gasteiger partial charge in [0.1, 0.15) is 0 Å². The molecule has 20 heavy (non-hydrogen) atoms. The minimum absolute atomic E-state index is 0.0218. The van der Waals surface area contributed by atoms with Crippen LogP contribution in [0, 0.1) is 0 Å². The highest BCUT2D eigenvalue weighted by Gasteiger charge is 2.06. The average molecular weight is 309 g/mol. The Morgan fingerprint density at radius 3 is 2.60 bits per heavy atom. The number of carbonyl (C=O) groups excluding carboxylic acids is 1. The van der Waals surface area contributed by atoms with Gasteiger partial charge in [-0.05, 0) is 29.7 Å². The molecular formula is C15H17ClN2OS. The maximum Gasteiger partial charge on any atom is 0.224 e. The first-order valence-electron chi connectivity index (χ1n) is 6.47. The van der Waals surface area contributed by atoms with Crippen molar-refractivity contribution in [2.45, 2.75) is 19.4 Å². The van der Waals surface area contributed by atoms with Crippen LogP contribution >= 0.6 is 22.9 Å². The summed E-state index contributed by atoms with van der Waals surface area (Å²) in [4.78, 5) is 13.1. The van der Waals surface area contributed by atoms with E-state index < -0.39 is 0 Å². The Morgan fingerprint density at radius 1 is 1.20 bits per heavy atom. The Kier molecular flexibility index (Phi) is 5.59. The predicted molar refractivity (Wildman–Crippen MR) is 84.1 cm³/mol. The van der Waals surface area contributed by atoms with Gasteiger partial charge in [-0.3, -0.25) is 4.79 Å². The number of hydrogen-bond donors (Lipinski definition) is 2. The van der Waals surface area contributed by atoms with Gasteiger partial charge < -0.3 is 11.1 Å². The van der Waals surface area contributed by atoms with Gasteiger partial charge in [0, 0.05) is 18.0 Å². The zero-order valence-corrected chi connectivity index (χ0v) is 12.6. The molecule has 1 aromatic heterocycles. The lowest BCUT2D eigenvalue weighted by atomic mass is 10.0. The summed E-state index contributed by atoms with van der Waals surface area (Å²) in [6, 6.07) is 11.6. The first kappa shape index (κ1) is 15.0. The number of halogens is 1.